The van der Waals surface area contributed by atoms with Crippen LogP contribution in [-0.2, 0) is 0 Å². The van der Waals surface area contributed by atoms with Crippen molar-refractivity contribution in [2.75, 3.05) is 0 Å². The molecule has 0 heteroatoms. The van der Waals surface area contributed by atoms with Gasteiger partial charge in [0, 0.05) is 0 Å². The molecule has 0 fully saturated rings. The van der Waals surface area contributed by atoms with E-state index in [4.69, 9.17) is 0 Å². The normalized spacial score (nSPS) is 12.5. The van der Waals surface area contributed by atoms with E-state index in [9.17, 15) is 0 Å². The largest absolute Gasteiger partial charge is 0.0654 e. The summed E-state index contributed by atoms with van der Waals surface area (Å²) in [6.07, 6.45) is 41.3. The fraction of sp³-hybridized carbons (Fsp3) is 1.00. The Morgan fingerprint density at radius 3 is 0.750 bits per heavy atom. The first-order valence-electron chi connectivity index (χ1n) is 15.8. The summed E-state index contributed by atoms with van der Waals surface area (Å²) in [5.74, 6) is 0.969. The molecular formula is C32H66. The van der Waals surface area contributed by atoms with Gasteiger partial charge in [0.15, 0.2) is 0 Å². The minimum absolute atomic E-state index is 0.969. The maximum Gasteiger partial charge on any atom is -0.0443 e. The first-order chi connectivity index (χ1) is 15.8. The highest BCUT2D eigenvalue weighted by atomic mass is 14.1. The number of hydrogen-bond acceptors (Lipinski definition) is 0. The summed E-state index contributed by atoms with van der Waals surface area (Å²) < 4.78 is 0. The van der Waals surface area contributed by atoms with Crippen molar-refractivity contribution in [1.29, 1.82) is 0 Å². The SMILES string of the molecule is CCCCCCCCCCCCCCCCCCCCCCCCCC(C)CCCCC. The van der Waals surface area contributed by atoms with Crippen LogP contribution in [-0.4, -0.2) is 0 Å². The second-order valence-corrected chi connectivity index (χ2v) is 11.2. The van der Waals surface area contributed by atoms with Gasteiger partial charge in [-0.15, -0.1) is 0 Å². The fourth-order valence-electron chi connectivity index (χ4n) is 5.17. The van der Waals surface area contributed by atoms with E-state index in [1.165, 1.54) is 180 Å². The molecule has 1 atom stereocenters. The van der Waals surface area contributed by atoms with Gasteiger partial charge in [-0.1, -0.05) is 201 Å². The zero-order valence-corrected chi connectivity index (χ0v) is 23.4. The predicted octanol–water partition coefficient (Wildman–Crippen LogP) is 12.6. The van der Waals surface area contributed by atoms with Crippen LogP contribution < -0.4 is 0 Å². The van der Waals surface area contributed by atoms with Crippen LogP contribution in [0.2, 0.25) is 0 Å². The standard InChI is InChI=1S/C32H66/c1-4-6-8-9-10-11-12-13-14-15-16-17-18-19-20-21-22-23-24-25-26-27-29-31-32(3)30-28-7-5-2/h32H,4-31H2,1-3H3. The average Bonchev–Trinajstić information content (AvgIpc) is 2.79. The highest BCUT2D eigenvalue weighted by Crippen LogP contribution is 2.18. The van der Waals surface area contributed by atoms with Gasteiger partial charge in [0.2, 0.25) is 0 Å². The van der Waals surface area contributed by atoms with Gasteiger partial charge in [0.1, 0.15) is 0 Å². The molecule has 0 aromatic heterocycles. The summed E-state index contributed by atoms with van der Waals surface area (Å²) in [6, 6.07) is 0. The summed E-state index contributed by atoms with van der Waals surface area (Å²) in [5.41, 5.74) is 0. The highest BCUT2D eigenvalue weighted by molar-refractivity contribution is 4.55. The molecule has 0 nitrogen and oxygen atoms in total. The van der Waals surface area contributed by atoms with Crippen LogP contribution in [0.3, 0.4) is 0 Å². The molecule has 0 aliphatic carbocycles. The van der Waals surface area contributed by atoms with Gasteiger partial charge in [-0.05, 0) is 5.92 Å². The van der Waals surface area contributed by atoms with Gasteiger partial charge in [-0.3, -0.25) is 0 Å². The van der Waals surface area contributed by atoms with Crippen molar-refractivity contribution >= 4 is 0 Å². The van der Waals surface area contributed by atoms with Crippen molar-refractivity contribution < 1.29 is 0 Å². The molecule has 32 heavy (non-hydrogen) atoms. The lowest BCUT2D eigenvalue weighted by atomic mass is 9.96. The van der Waals surface area contributed by atoms with Crippen molar-refractivity contribution in [3.05, 3.63) is 0 Å². The summed E-state index contributed by atoms with van der Waals surface area (Å²) in [7, 11) is 0. The molecule has 0 N–H and O–H groups in total. The van der Waals surface area contributed by atoms with Crippen LogP contribution in [0.25, 0.3) is 0 Å². The van der Waals surface area contributed by atoms with Gasteiger partial charge < -0.3 is 0 Å². The Morgan fingerprint density at radius 1 is 0.281 bits per heavy atom. The van der Waals surface area contributed by atoms with E-state index in [1.807, 2.05) is 0 Å². The zero-order chi connectivity index (χ0) is 23.4. The molecule has 194 valence electrons. The Bertz CT molecular complexity index is 307. The Morgan fingerprint density at radius 2 is 0.469 bits per heavy atom. The third-order valence-corrected chi connectivity index (χ3v) is 7.60. The van der Waals surface area contributed by atoms with E-state index < -0.39 is 0 Å². The van der Waals surface area contributed by atoms with Crippen LogP contribution >= 0.6 is 0 Å². The van der Waals surface area contributed by atoms with Gasteiger partial charge in [0.25, 0.3) is 0 Å². The quantitative estimate of drug-likeness (QED) is 0.104. The second kappa shape index (κ2) is 29.0. The van der Waals surface area contributed by atoms with Gasteiger partial charge in [-0.2, -0.15) is 0 Å². The smallest absolute Gasteiger partial charge is 0.0443 e. The summed E-state index contributed by atoms with van der Waals surface area (Å²) in [6.45, 7) is 7.08. The Hall–Kier alpha value is 0. The van der Waals surface area contributed by atoms with E-state index >= 15 is 0 Å². The van der Waals surface area contributed by atoms with Crippen molar-refractivity contribution in [2.45, 2.75) is 201 Å². The Balaban J connectivity index is 3.05. The summed E-state index contributed by atoms with van der Waals surface area (Å²) >= 11 is 0. The second-order valence-electron chi connectivity index (χ2n) is 11.2. The van der Waals surface area contributed by atoms with Gasteiger partial charge in [0.05, 0.1) is 0 Å². The summed E-state index contributed by atoms with van der Waals surface area (Å²) in [4.78, 5) is 0. The topological polar surface area (TPSA) is 0 Å². The molecule has 0 heterocycles. The lowest BCUT2D eigenvalue weighted by Gasteiger charge is -2.10. The molecule has 0 aliphatic rings. The zero-order valence-electron chi connectivity index (χ0n) is 23.4. The molecule has 0 saturated heterocycles. The Kier molecular flexibility index (Phi) is 29.0. The van der Waals surface area contributed by atoms with Crippen LogP contribution in [0.4, 0.5) is 0 Å². The minimum Gasteiger partial charge on any atom is -0.0654 e. The van der Waals surface area contributed by atoms with Crippen molar-refractivity contribution in [3.63, 3.8) is 0 Å². The van der Waals surface area contributed by atoms with E-state index in [0.29, 0.717) is 0 Å². The molecule has 0 bridgehead atoms. The maximum absolute atomic E-state index is 2.47. The average molecular weight is 451 g/mol. The van der Waals surface area contributed by atoms with Crippen LogP contribution in [0, 0.1) is 5.92 Å². The molecule has 1 unspecified atom stereocenters. The monoisotopic (exact) mass is 451 g/mol. The van der Waals surface area contributed by atoms with Crippen molar-refractivity contribution in [2.24, 2.45) is 5.92 Å². The molecule has 0 saturated carbocycles. The first kappa shape index (κ1) is 32.0. The Labute approximate surface area is 206 Å². The van der Waals surface area contributed by atoms with Gasteiger partial charge in [-0.25, -0.2) is 0 Å². The number of unbranched alkanes of at least 4 members (excludes halogenated alkanes) is 24. The lowest BCUT2D eigenvalue weighted by Crippen LogP contribution is -1.94. The third kappa shape index (κ3) is 28.0. The molecule has 0 amide bonds. The van der Waals surface area contributed by atoms with E-state index in [2.05, 4.69) is 20.8 Å². The molecule has 0 aromatic carbocycles. The van der Waals surface area contributed by atoms with Gasteiger partial charge >= 0.3 is 0 Å². The molecule has 0 aromatic rings. The molecule has 0 radical (unpaired) electrons. The third-order valence-electron chi connectivity index (χ3n) is 7.60. The molecule has 0 rings (SSSR count). The summed E-state index contributed by atoms with van der Waals surface area (Å²) in [5, 5.41) is 0. The number of rotatable bonds is 28. The van der Waals surface area contributed by atoms with E-state index in [0.717, 1.165) is 5.92 Å². The lowest BCUT2D eigenvalue weighted by molar-refractivity contribution is 0.435. The minimum atomic E-state index is 0.969. The van der Waals surface area contributed by atoms with Crippen LogP contribution in [0.1, 0.15) is 201 Å². The van der Waals surface area contributed by atoms with E-state index in [-0.39, 0.29) is 0 Å². The van der Waals surface area contributed by atoms with Crippen LogP contribution in [0.5, 0.6) is 0 Å². The van der Waals surface area contributed by atoms with E-state index in [1.54, 1.807) is 0 Å². The first-order valence-corrected chi connectivity index (χ1v) is 15.8. The van der Waals surface area contributed by atoms with Crippen molar-refractivity contribution in [1.82, 2.24) is 0 Å². The molecular weight excluding hydrogens is 384 g/mol. The highest BCUT2D eigenvalue weighted by Gasteiger charge is 2.01. The maximum atomic E-state index is 2.47. The predicted molar refractivity (Wildman–Crippen MR) is 150 cm³/mol. The fourth-order valence-corrected chi connectivity index (χ4v) is 5.17. The van der Waals surface area contributed by atoms with Crippen molar-refractivity contribution in [3.8, 4) is 0 Å². The van der Waals surface area contributed by atoms with Crippen LogP contribution in [0.15, 0.2) is 0 Å². The molecule has 0 aliphatic heterocycles. The number of hydrogen-bond donors (Lipinski definition) is 0. The molecule has 0 spiro atoms.